The predicted octanol–water partition coefficient (Wildman–Crippen LogP) is 4.19. The highest BCUT2D eigenvalue weighted by molar-refractivity contribution is 5.96. The van der Waals surface area contributed by atoms with Gasteiger partial charge in [0.15, 0.2) is 5.82 Å². The fraction of sp³-hybridized carbons (Fsp3) is 0.370. The number of likely N-dealkylation sites (tertiary alicyclic amines) is 1. The lowest BCUT2D eigenvalue weighted by molar-refractivity contribution is 0.0948. The maximum Gasteiger partial charge on any atom is 0.254 e. The van der Waals surface area contributed by atoms with Crippen molar-refractivity contribution in [1.82, 2.24) is 29.4 Å². The Bertz CT molecular complexity index is 1420. The molecule has 180 valence electrons. The van der Waals surface area contributed by atoms with Gasteiger partial charge < -0.3 is 10.2 Å². The number of carbonyl (C=O) groups excluding carboxylic acids is 1. The number of carbonyl (C=O) groups is 1. The number of rotatable bonds is 6. The zero-order chi connectivity index (χ0) is 24.1. The van der Waals surface area contributed by atoms with Crippen molar-refractivity contribution >= 4 is 11.6 Å². The van der Waals surface area contributed by atoms with Gasteiger partial charge in [0.1, 0.15) is 11.5 Å². The number of amides is 1. The molecule has 2 aliphatic rings. The molecule has 35 heavy (non-hydrogen) atoms. The van der Waals surface area contributed by atoms with Gasteiger partial charge in [-0.25, -0.2) is 14.1 Å². The van der Waals surface area contributed by atoms with E-state index in [4.69, 9.17) is 0 Å². The number of aryl methyl sites for hydroxylation is 1. The van der Waals surface area contributed by atoms with Gasteiger partial charge in [0.2, 0.25) is 0 Å². The zero-order valence-corrected chi connectivity index (χ0v) is 20.0. The van der Waals surface area contributed by atoms with Crippen LogP contribution in [-0.2, 0) is 0 Å². The smallest absolute Gasteiger partial charge is 0.254 e. The second kappa shape index (κ2) is 8.61. The molecule has 1 aliphatic carbocycles. The van der Waals surface area contributed by atoms with Crippen molar-refractivity contribution in [3.8, 4) is 16.9 Å². The number of halogens is 1. The predicted molar refractivity (Wildman–Crippen MR) is 132 cm³/mol. The topological polar surface area (TPSA) is 67.5 Å². The summed E-state index contributed by atoms with van der Waals surface area (Å²) < 4.78 is 18.5. The molecule has 7 nitrogen and oxygen atoms in total. The van der Waals surface area contributed by atoms with Crippen molar-refractivity contribution in [3.05, 3.63) is 71.6 Å². The largest absolute Gasteiger partial charge is 0.352 e. The number of pyridine rings is 1. The molecule has 1 N–H and O–H groups in total. The summed E-state index contributed by atoms with van der Waals surface area (Å²) in [5.74, 6) is 1.01. The minimum absolute atomic E-state index is 0.0694. The van der Waals surface area contributed by atoms with Crippen molar-refractivity contribution in [1.29, 1.82) is 0 Å². The number of likely N-dealkylation sites (N-methyl/N-ethyl adjacent to an activating group) is 1. The van der Waals surface area contributed by atoms with Crippen LogP contribution >= 0.6 is 0 Å². The minimum atomic E-state index is -0.501. The molecule has 3 aromatic heterocycles. The number of nitrogens with zero attached hydrogens (tertiary/aromatic N) is 5. The van der Waals surface area contributed by atoms with Crippen LogP contribution in [0.5, 0.6) is 0 Å². The van der Waals surface area contributed by atoms with Crippen LogP contribution in [0.4, 0.5) is 4.39 Å². The van der Waals surface area contributed by atoms with E-state index < -0.39 is 5.82 Å². The number of imidazole rings is 1. The Morgan fingerprint density at radius 2 is 2.03 bits per heavy atom. The van der Waals surface area contributed by atoms with E-state index in [1.54, 1.807) is 16.9 Å². The van der Waals surface area contributed by atoms with E-state index >= 15 is 0 Å². The first-order valence-corrected chi connectivity index (χ1v) is 12.3. The van der Waals surface area contributed by atoms with E-state index in [-0.39, 0.29) is 11.5 Å². The molecule has 0 unspecified atom stereocenters. The number of aromatic nitrogens is 4. The lowest BCUT2D eigenvalue weighted by Gasteiger charge is -2.12. The monoisotopic (exact) mass is 472 g/mol. The molecule has 0 bridgehead atoms. The summed E-state index contributed by atoms with van der Waals surface area (Å²) in [4.78, 5) is 19.5. The first-order chi connectivity index (χ1) is 17.0. The van der Waals surface area contributed by atoms with Gasteiger partial charge in [-0.05, 0) is 86.5 Å². The number of hydrogen-bond acceptors (Lipinski definition) is 4. The normalized spacial score (nSPS) is 18.4. The van der Waals surface area contributed by atoms with E-state index in [1.807, 2.05) is 19.3 Å². The first-order valence-electron chi connectivity index (χ1n) is 12.3. The van der Waals surface area contributed by atoms with Crippen LogP contribution in [0.1, 0.15) is 46.7 Å². The molecule has 0 radical (unpaired) electrons. The Morgan fingerprint density at radius 1 is 1.17 bits per heavy atom. The summed E-state index contributed by atoms with van der Waals surface area (Å²) in [6.07, 6.45) is 11.0. The minimum Gasteiger partial charge on any atom is -0.352 e. The highest BCUT2D eigenvalue weighted by Crippen LogP contribution is 2.30. The van der Waals surface area contributed by atoms with E-state index in [0.717, 1.165) is 60.5 Å². The van der Waals surface area contributed by atoms with Crippen LogP contribution in [-0.4, -0.2) is 56.7 Å². The molecule has 4 aromatic rings. The van der Waals surface area contributed by atoms with E-state index in [0.29, 0.717) is 18.4 Å². The lowest BCUT2D eigenvalue weighted by atomic mass is 9.99. The molecular formula is C27H29FN6O. The van der Waals surface area contributed by atoms with E-state index in [9.17, 15) is 9.18 Å². The molecule has 1 aromatic carbocycles. The highest BCUT2D eigenvalue weighted by atomic mass is 19.1. The molecule has 1 saturated heterocycles. The van der Waals surface area contributed by atoms with Gasteiger partial charge in [-0.15, -0.1) is 0 Å². The van der Waals surface area contributed by atoms with Crippen molar-refractivity contribution < 1.29 is 9.18 Å². The summed E-state index contributed by atoms with van der Waals surface area (Å²) in [6.45, 7) is 4.62. The first kappa shape index (κ1) is 22.0. The fourth-order valence-electron chi connectivity index (χ4n) is 5.00. The summed E-state index contributed by atoms with van der Waals surface area (Å²) in [5, 5.41) is 7.45. The molecule has 6 rings (SSSR count). The molecule has 1 aliphatic heterocycles. The Morgan fingerprint density at radius 3 is 2.80 bits per heavy atom. The molecule has 8 heteroatoms. The quantitative estimate of drug-likeness (QED) is 0.457. The Balaban J connectivity index is 1.32. The Labute approximate surface area is 203 Å². The number of nitrogens with one attached hydrogen (secondary N) is 1. The Hall–Kier alpha value is -3.52. The van der Waals surface area contributed by atoms with E-state index in [1.165, 1.54) is 11.6 Å². The third-order valence-electron chi connectivity index (χ3n) is 7.31. The van der Waals surface area contributed by atoms with Crippen molar-refractivity contribution in [2.24, 2.45) is 5.92 Å². The SMILES string of the molecule is Cc1cc(F)c(C(=O)NCC2CC2)cc1-c1cnn(-c2cnc3ccc([C@@H]4CCN(C)C4)cn23)c1. The molecule has 1 atom stereocenters. The Kier molecular flexibility index (Phi) is 5.40. The van der Waals surface area contributed by atoms with Gasteiger partial charge in [0.25, 0.3) is 5.91 Å². The van der Waals surface area contributed by atoms with E-state index in [2.05, 4.69) is 50.1 Å². The second-order valence-corrected chi connectivity index (χ2v) is 10.0. The summed E-state index contributed by atoms with van der Waals surface area (Å²) in [5.41, 5.74) is 4.59. The van der Waals surface area contributed by atoms with Crippen LogP contribution in [0, 0.1) is 18.7 Å². The van der Waals surface area contributed by atoms with Crippen molar-refractivity contribution in [3.63, 3.8) is 0 Å². The third-order valence-corrected chi connectivity index (χ3v) is 7.31. The van der Waals surface area contributed by atoms with Gasteiger partial charge in [-0.2, -0.15) is 5.10 Å². The lowest BCUT2D eigenvalue weighted by Crippen LogP contribution is -2.26. The molecule has 4 heterocycles. The summed E-state index contributed by atoms with van der Waals surface area (Å²) >= 11 is 0. The molecule has 2 fully saturated rings. The van der Waals surface area contributed by atoms with Crippen LogP contribution < -0.4 is 5.32 Å². The standard InChI is InChI=1S/C27H29FN6O/c1-17-9-24(28)23(27(35)30-11-18-3-4-18)10-22(17)21-12-31-34(16-21)26-13-29-25-6-5-19(15-33(25)26)20-7-8-32(2)14-20/h5-6,9-10,12-13,15-16,18,20H,3-4,7-8,11,14H2,1-2H3,(H,30,35)/t20-/m1/s1. The maximum absolute atomic E-state index is 14.6. The van der Waals surface area contributed by atoms with Gasteiger partial charge in [-0.3, -0.25) is 9.20 Å². The van der Waals surface area contributed by atoms with Crippen LogP contribution in [0.3, 0.4) is 0 Å². The number of fused-ring (bicyclic) bond motifs is 1. The average Bonchev–Trinajstić information content (AvgIpc) is 3.19. The number of hydrogen-bond donors (Lipinski definition) is 1. The van der Waals surface area contributed by atoms with Crippen molar-refractivity contribution in [2.75, 3.05) is 26.7 Å². The summed E-state index contributed by atoms with van der Waals surface area (Å²) in [7, 11) is 2.16. The fourth-order valence-corrected chi connectivity index (χ4v) is 5.00. The highest BCUT2D eigenvalue weighted by Gasteiger charge is 2.24. The van der Waals surface area contributed by atoms with Gasteiger partial charge in [0, 0.05) is 31.0 Å². The molecular weight excluding hydrogens is 443 g/mol. The number of benzene rings is 1. The average molecular weight is 473 g/mol. The zero-order valence-electron chi connectivity index (χ0n) is 20.0. The molecule has 0 spiro atoms. The van der Waals surface area contributed by atoms with Gasteiger partial charge in [-0.1, -0.05) is 6.07 Å². The molecule has 1 amide bonds. The van der Waals surface area contributed by atoms with Crippen molar-refractivity contribution in [2.45, 2.75) is 32.1 Å². The van der Waals surface area contributed by atoms with Crippen LogP contribution in [0.15, 0.2) is 49.1 Å². The van der Waals surface area contributed by atoms with Gasteiger partial charge >= 0.3 is 0 Å². The molecule has 1 saturated carbocycles. The third kappa shape index (κ3) is 4.23. The summed E-state index contributed by atoms with van der Waals surface area (Å²) in [6, 6.07) is 7.29. The maximum atomic E-state index is 14.6. The van der Waals surface area contributed by atoms with Crippen LogP contribution in [0.25, 0.3) is 22.6 Å². The second-order valence-electron chi connectivity index (χ2n) is 10.0. The van der Waals surface area contributed by atoms with Gasteiger partial charge in [0.05, 0.1) is 18.0 Å². The van der Waals surface area contributed by atoms with Crippen LogP contribution in [0.2, 0.25) is 0 Å².